The molecule has 24 heavy (non-hydrogen) atoms. The fourth-order valence-electron chi connectivity index (χ4n) is 2.28. The van der Waals surface area contributed by atoms with E-state index in [-0.39, 0.29) is 23.5 Å². The van der Waals surface area contributed by atoms with Crippen molar-refractivity contribution in [2.75, 3.05) is 12.3 Å². The number of nitro groups is 1. The van der Waals surface area contributed by atoms with Gasteiger partial charge in [0.1, 0.15) is 22.8 Å². The molecule has 0 spiro atoms. The van der Waals surface area contributed by atoms with E-state index in [2.05, 4.69) is 5.32 Å². The van der Waals surface area contributed by atoms with Gasteiger partial charge in [-0.15, -0.1) is 0 Å². The van der Waals surface area contributed by atoms with Gasteiger partial charge in [0.2, 0.25) is 0 Å². The van der Waals surface area contributed by atoms with Crippen molar-refractivity contribution in [3.8, 4) is 0 Å². The molecule has 0 aliphatic carbocycles. The van der Waals surface area contributed by atoms with Crippen LogP contribution in [0.25, 0.3) is 0 Å². The van der Waals surface area contributed by atoms with E-state index in [0.717, 1.165) is 0 Å². The number of aliphatic hydroxyl groups is 1. The van der Waals surface area contributed by atoms with E-state index < -0.39 is 16.4 Å². The highest BCUT2D eigenvalue weighted by Gasteiger charge is 2.28. The van der Waals surface area contributed by atoms with Crippen molar-refractivity contribution in [1.29, 1.82) is 0 Å². The van der Waals surface area contributed by atoms with Gasteiger partial charge in [0.05, 0.1) is 17.0 Å². The van der Waals surface area contributed by atoms with Crippen molar-refractivity contribution in [2.24, 2.45) is 0 Å². The first-order valence-electron chi connectivity index (χ1n) is 7.24. The molecule has 1 amide bonds. The fraction of sp³-hybridized carbons (Fsp3) is 0.312. The summed E-state index contributed by atoms with van der Waals surface area (Å²) in [5.74, 6) is 0.335. The summed E-state index contributed by atoms with van der Waals surface area (Å²) in [4.78, 5) is 22.7. The number of rotatable bonds is 5. The van der Waals surface area contributed by atoms with Gasteiger partial charge >= 0.3 is 0 Å². The molecule has 1 unspecified atom stereocenters. The van der Waals surface area contributed by atoms with Gasteiger partial charge < -0.3 is 20.6 Å². The van der Waals surface area contributed by atoms with Crippen LogP contribution in [0.3, 0.4) is 0 Å². The highest BCUT2D eigenvalue weighted by Crippen LogP contribution is 2.27. The number of furan rings is 1. The average Bonchev–Trinajstić information content (AvgIpc) is 2.94. The Kier molecular flexibility index (Phi) is 4.61. The summed E-state index contributed by atoms with van der Waals surface area (Å²) in [6.07, 6.45) is 0. The lowest BCUT2D eigenvalue weighted by atomic mass is 10.0. The van der Waals surface area contributed by atoms with Gasteiger partial charge in [-0.25, -0.2) is 0 Å². The molecule has 2 rings (SSSR count). The van der Waals surface area contributed by atoms with Gasteiger partial charge in [-0.05, 0) is 44.5 Å². The molecule has 4 N–H and O–H groups in total. The molecule has 1 aromatic heterocycles. The molecule has 0 radical (unpaired) electrons. The zero-order valence-corrected chi connectivity index (χ0v) is 13.6. The van der Waals surface area contributed by atoms with E-state index >= 15 is 0 Å². The molecule has 1 aromatic carbocycles. The van der Waals surface area contributed by atoms with Gasteiger partial charge in [-0.2, -0.15) is 0 Å². The van der Waals surface area contributed by atoms with E-state index in [4.69, 9.17) is 10.2 Å². The Morgan fingerprint density at radius 1 is 1.42 bits per heavy atom. The summed E-state index contributed by atoms with van der Waals surface area (Å²) in [5, 5.41) is 23.9. The van der Waals surface area contributed by atoms with Crippen molar-refractivity contribution in [3.05, 3.63) is 57.0 Å². The quantitative estimate of drug-likeness (QED) is 0.436. The maximum atomic E-state index is 12.3. The van der Waals surface area contributed by atoms with Crippen LogP contribution in [0.15, 0.2) is 28.7 Å². The number of amides is 1. The number of nitrogens with one attached hydrogen (secondary N) is 1. The molecule has 2 aromatic rings. The summed E-state index contributed by atoms with van der Waals surface area (Å²) >= 11 is 0. The topological polar surface area (TPSA) is 132 Å². The molecule has 0 saturated heterocycles. The van der Waals surface area contributed by atoms with Crippen molar-refractivity contribution >= 4 is 17.3 Å². The predicted octanol–water partition coefficient (Wildman–Crippen LogP) is 2.02. The smallest absolute Gasteiger partial charge is 0.293 e. The number of anilines is 1. The Hall–Kier alpha value is -2.87. The Bertz CT molecular complexity index is 795. The van der Waals surface area contributed by atoms with E-state index in [1.165, 1.54) is 19.1 Å². The minimum absolute atomic E-state index is 0.00637. The predicted molar refractivity (Wildman–Crippen MR) is 87.6 cm³/mol. The first kappa shape index (κ1) is 17.5. The summed E-state index contributed by atoms with van der Waals surface area (Å²) in [6, 6.07) is 6.08. The maximum absolute atomic E-state index is 12.3. The molecule has 0 saturated carbocycles. The highest BCUT2D eigenvalue weighted by atomic mass is 16.6. The first-order chi connectivity index (χ1) is 11.1. The Balaban J connectivity index is 2.20. The van der Waals surface area contributed by atoms with Crippen molar-refractivity contribution in [3.63, 3.8) is 0 Å². The number of carbonyl (C=O) groups excluding carboxylic acids is 1. The van der Waals surface area contributed by atoms with Gasteiger partial charge in [0.25, 0.3) is 11.6 Å². The standard InChI is InChI=1S/C16H19N3O5/c1-9-6-11(14(17)12(7-9)19(22)23)15(20)18-8-16(3,21)13-5-4-10(2)24-13/h4-7,21H,8,17H2,1-3H3,(H,18,20). The number of nitrogens with zero attached hydrogens (tertiary/aromatic N) is 1. The van der Waals surface area contributed by atoms with Gasteiger partial charge in [0.15, 0.2) is 0 Å². The van der Waals surface area contributed by atoms with E-state index in [0.29, 0.717) is 17.1 Å². The van der Waals surface area contributed by atoms with Gasteiger partial charge in [-0.3, -0.25) is 14.9 Å². The molecular weight excluding hydrogens is 314 g/mol. The molecule has 0 bridgehead atoms. The number of nitrogen functional groups attached to an aromatic ring is 1. The second-order valence-corrected chi connectivity index (χ2v) is 5.87. The van der Waals surface area contributed by atoms with Gasteiger partial charge in [0, 0.05) is 6.07 Å². The van der Waals surface area contributed by atoms with Crippen LogP contribution in [0.1, 0.15) is 34.4 Å². The lowest BCUT2D eigenvalue weighted by Gasteiger charge is -2.21. The summed E-state index contributed by atoms with van der Waals surface area (Å²) < 4.78 is 5.36. The number of aryl methyl sites for hydroxylation is 2. The third kappa shape index (κ3) is 3.54. The van der Waals surface area contributed by atoms with E-state index in [1.807, 2.05) is 0 Å². The second kappa shape index (κ2) is 6.32. The number of benzene rings is 1. The third-order valence-electron chi connectivity index (χ3n) is 3.61. The summed E-state index contributed by atoms with van der Waals surface area (Å²) in [5.41, 5.74) is 4.30. The molecule has 0 aliphatic rings. The SMILES string of the molecule is Cc1cc(C(=O)NCC(C)(O)c2ccc(C)o2)c(N)c([N+](=O)[O-])c1. The second-order valence-electron chi connectivity index (χ2n) is 5.87. The first-order valence-corrected chi connectivity index (χ1v) is 7.24. The van der Waals surface area contributed by atoms with Crippen molar-refractivity contribution in [2.45, 2.75) is 26.4 Å². The van der Waals surface area contributed by atoms with Crippen LogP contribution in [0.5, 0.6) is 0 Å². The summed E-state index contributed by atoms with van der Waals surface area (Å²) in [6.45, 7) is 4.73. The zero-order chi connectivity index (χ0) is 18.1. The maximum Gasteiger partial charge on any atom is 0.293 e. The van der Waals surface area contributed by atoms with Crippen LogP contribution >= 0.6 is 0 Å². The Morgan fingerprint density at radius 2 is 2.08 bits per heavy atom. The molecule has 8 heteroatoms. The van der Waals surface area contributed by atoms with Crippen LogP contribution in [0, 0.1) is 24.0 Å². The van der Waals surface area contributed by atoms with Crippen molar-refractivity contribution < 1.29 is 19.2 Å². The molecule has 0 aliphatic heterocycles. The number of hydrogen-bond donors (Lipinski definition) is 3. The van der Waals surface area contributed by atoms with Crippen LogP contribution in [-0.4, -0.2) is 22.5 Å². The lowest BCUT2D eigenvalue weighted by Crippen LogP contribution is -2.38. The highest BCUT2D eigenvalue weighted by molar-refractivity contribution is 6.01. The molecule has 128 valence electrons. The minimum atomic E-state index is -1.42. The Morgan fingerprint density at radius 3 is 2.62 bits per heavy atom. The normalized spacial score (nSPS) is 13.3. The fourth-order valence-corrected chi connectivity index (χ4v) is 2.28. The van der Waals surface area contributed by atoms with Gasteiger partial charge in [-0.1, -0.05) is 0 Å². The molecule has 0 fully saturated rings. The zero-order valence-electron chi connectivity index (χ0n) is 13.6. The van der Waals surface area contributed by atoms with Crippen LogP contribution < -0.4 is 11.1 Å². The lowest BCUT2D eigenvalue weighted by molar-refractivity contribution is -0.384. The molecular formula is C16H19N3O5. The van der Waals surface area contributed by atoms with Crippen LogP contribution in [-0.2, 0) is 5.60 Å². The largest absolute Gasteiger partial charge is 0.463 e. The van der Waals surface area contributed by atoms with Crippen LogP contribution in [0.4, 0.5) is 11.4 Å². The minimum Gasteiger partial charge on any atom is -0.463 e. The Labute approximate surface area is 138 Å². The monoisotopic (exact) mass is 333 g/mol. The number of carbonyl (C=O) groups is 1. The molecule has 1 atom stereocenters. The van der Waals surface area contributed by atoms with Crippen molar-refractivity contribution in [1.82, 2.24) is 5.32 Å². The number of nitro benzene ring substituents is 1. The van der Waals surface area contributed by atoms with E-state index in [1.54, 1.807) is 26.0 Å². The number of nitrogens with two attached hydrogens (primary N) is 1. The number of hydrogen-bond acceptors (Lipinski definition) is 6. The third-order valence-corrected chi connectivity index (χ3v) is 3.61. The average molecular weight is 333 g/mol. The van der Waals surface area contributed by atoms with Crippen LogP contribution in [0.2, 0.25) is 0 Å². The summed E-state index contributed by atoms with van der Waals surface area (Å²) in [7, 11) is 0. The molecule has 8 nitrogen and oxygen atoms in total. The van der Waals surface area contributed by atoms with E-state index in [9.17, 15) is 20.0 Å². The molecule has 1 heterocycles.